The third-order valence-electron chi connectivity index (χ3n) is 8.45. The normalized spacial score (nSPS) is 17.6. The van der Waals surface area contributed by atoms with Gasteiger partial charge < -0.3 is 4.57 Å². The molecule has 1 heterocycles. The molecule has 1 aliphatic rings. The van der Waals surface area contributed by atoms with Crippen LogP contribution in [0.15, 0.2) is 54.7 Å². The largest absolute Gasteiger partial charge is 0.343 e. The Morgan fingerprint density at radius 1 is 0.774 bits per heavy atom. The van der Waals surface area contributed by atoms with Crippen LogP contribution in [-0.4, -0.2) is 0 Å². The molecular weight excluding hydrogens is 555 g/mol. The van der Waals surface area contributed by atoms with E-state index in [4.69, 9.17) is 0 Å². The number of fused-ring (bicyclic) bond motifs is 1. The maximum Gasteiger partial charge on any atom is 0.0767 e. The maximum atomic E-state index is 4.45. The molecule has 1 nitrogen and oxygen atoms in total. The summed E-state index contributed by atoms with van der Waals surface area (Å²) in [6, 6.07) is 17.5. The summed E-state index contributed by atoms with van der Waals surface area (Å²) in [6.45, 7) is 20.9. The van der Waals surface area contributed by atoms with Crippen molar-refractivity contribution in [3.05, 3.63) is 91.0 Å². The van der Waals surface area contributed by atoms with E-state index in [2.05, 4.69) is 117 Å². The number of hydrogen-bond donors (Lipinski definition) is 0. The molecule has 3 aromatic rings. The fraction of sp³-hybridized carbons (Fsp3) is 0.345. The van der Waals surface area contributed by atoms with Crippen molar-refractivity contribution in [2.75, 3.05) is 0 Å². The number of rotatable bonds is 2. The quantitative estimate of drug-likeness (QED) is 0.224. The second kappa shape index (κ2) is 7.54. The molecule has 0 spiro atoms. The summed E-state index contributed by atoms with van der Waals surface area (Å²) in [4.78, 5) is 0. The summed E-state index contributed by atoms with van der Waals surface area (Å²) < 4.78 is 2.00. The molecule has 0 saturated carbocycles. The smallest absolute Gasteiger partial charge is 0.0767 e. The summed E-state index contributed by atoms with van der Waals surface area (Å²) in [5, 5.41) is 0. The summed E-state index contributed by atoms with van der Waals surface area (Å²) in [6.07, 6.45) is 2.14. The molecule has 1 aromatic heterocycles. The van der Waals surface area contributed by atoms with E-state index in [0.29, 0.717) is 0 Å². The van der Waals surface area contributed by atoms with Gasteiger partial charge in [0.1, 0.15) is 0 Å². The zero-order valence-electron chi connectivity index (χ0n) is 19.9. The molecule has 0 saturated heterocycles. The Kier molecular flexibility index (Phi) is 5.75. The molecule has 2 aromatic carbocycles. The van der Waals surface area contributed by atoms with Gasteiger partial charge in [-0.05, 0) is 34.3 Å². The topological polar surface area (TPSA) is 3.88 Å². The van der Waals surface area contributed by atoms with E-state index < -0.39 is 0 Å². The third kappa shape index (κ3) is 3.27. The molecule has 0 aliphatic heterocycles. The minimum atomic E-state index is 0. The molecule has 0 atom stereocenters. The molecular formula is C29H34IrN-. The van der Waals surface area contributed by atoms with Crippen molar-refractivity contribution in [1.82, 2.24) is 0 Å². The van der Waals surface area contributed by atoms with Crippen molar-refractivity contribution in [2.45, 2.75) is 59.3 Å². The average molecular weight is 589 g/mol. The molecule has 2 heteroatoms. The predicted molar refractivity (Wildman–Crippen MR) is 127 cm³/mol. The average Bonchev–Trinajstić information content (AvgIpc) is 2.78. The van der Waals surface area contributed by atoms with Crippen molar-refractivity contribution in [2.24, 2.45) is 5.41 Å². The van der Waals surface area contributed by atoms with Crippen molar-refractivity contribution < 1.29 is 24.7 Å². The van der Waals surface area contributed by atoms with Crippen LogP contribution in [0, 0.1) is 26.3 Å². The zero-order chi connectivity index (χ0) is 22.1. The summed E-state index contributed by atoms with van der Waals surface area (Å²) in [5.74, 6) is 0. The van der Waals surface area contributed by atoms with Crippen LogP contribution in [-0.2, 0) is 30.9 Å². The first-order chi connectivity index (χ1) is 13.9. The molecule has 4 rings (SSSR count). The Labute approximate surface area is 202 Å². The Bertz CT molecular complexity index is 1140. The van der Waals surface area contributed by atoms with Crippen LogP contribution in [0.1, 0.15) is 63.8 Å². The van der Waals surface area contributed by atoms with Gasteiger partial charge in [-0.25, -0.2) is 0 Å². The molecule has 1 aliphatic carbocycles. The van der Waals surface area contributed by atoms with Crippen LogP contribution in [0.3, 0.4) is 0 Å². The van der Waals surface area contributed by atoms with Crippen molar-refractivity contribution in [3.63, 3.8) is 0 Å². The van der Waals surface area contributed by atoms with Crippen LogP contribution in [0.5, 0.6) is 0 Å². The second-order valence-corrected chi connectivity index (χ2v) is 10.5. The molecule has 31 heavy (non-hydrogen) atoms. The van der Waals surface area contributed by atoms with Gasteiger partial charge in [-0.3, -0.25) is 0 Å². The fourth-order valence-corrected chi connectivity index (χ4v) is 5.22. The van der Waals surface area contributed by atoms with Gasteiger partial charge in [0.15, 0.2) is 0 Å². The first-order valence-corrected chi connectivity index (χ1v) is 10.8. The van der Waals surface area contributed by atoms with Crippen molar-refractivity contribution in [3.8, 4) is 22.4 Å². The van der Waals surface area contributed by atoms with E-state index in [1.807, 2.05) is 4.57 Å². The van der Waals surface area contributed by atoms with E-state index in [1.54, 1.807) is 0 Å². The molecule has 165 valence electrons. The van der Waals surface area contributed by atoms with E-state index in [0.717, 1.165) is 11.3 Å². The number of aromatic nitrogens is 1. The second-order valence-electron chi connectivity index (χ2n) is 10.5. The van der Waals surface area contributed by atoms with Crippen LogP contribution >= 0.6 is 0 Å². The molecule has 0 bridgehead atoms. The van der Waals surface area contributed by atoms with Gasteiger partial charge in [0, 0.05) is 27.2 Å². The Morgan fingerprint density at radius 2 is 1.32 bits per heavy atom. The first kappa shape index (κ1) is 23.6. The summed E-state index contributed by atoms with van der Waals surface area (Å²) in [5.41, 5.74) is 10.2. The predicted octanol–water partition coefficient (Wildman–Crippen LogP) is 7.03. The molecule has 0 fully saturated rings. The minimum absolute atomic E-state index is 0. The number of pyridine rings is 1. The van der Waals surface area contributed by atoms with E-state index in [1.165, 1.54) is 33.4 Å². The first-order valence-electron chi connectivity index (χ1n) is 10.8. The summed E-state index contributed by atoms with van der Waals surface area (Å²) in [7, 11) is 4.34. The van der Waals surface area contributed by atoms with Crippen LogP contribution in [0.4, 0.5) is 0 Å². The van der Waals surface area contributed by atoms with Crippen molar-refractivity contribution >= 4 is 0 Å². The van der Waals surface area contributed by atoms with E-state index in [9.17, 15) is 0 Å². The van der Waals surface area contributed by atoms with Gasteiger partial charge in [0.05, 0.1) is 11.9 Å². The minimum Gasteiger partial charge on any atom is -0.343 e. The van der Waals surface area contributed by atoms with Gasteiger partial charge in [-0.15, -0.1) is 11.6 Å². The van der Waals surface area contributed by atoms with Gasteiger partial charge in [-0.2, -0.15) is 18.6 Å². The van der Waals surface area contributed by atoms with Gasteiger partial charge >= 0.3 is 0 Å². The Balaban J connectivity index is 0.00000272. The number of hydrogen-bond acceptors (Lipinski definition) is 0. The number of aryl methyl sites for hydroxylation is 1. The number of nitrogens with zero attached hydrogens (tertiary/aromatic N) is 1. The van der Waals surface area contributed by atoms with Gasteiger partial charge in [-0.1, -0.05) is 94.6 Å². The van der Waals surface area contributed by atoms with Gasteiger partial charge in [0.2, 0.25) is 0 Å². The van der Waals surface area contributed by atoms with Crippen LogP contribution in [0.25, 0.3) is 22.4 Å². The SMILES string of the molecule is [CH2-]c1cc2c(cc1-c1cc(C)c(-c3ccccc3)c[n+]1[CH2-])C(C)(C)C(C)(C)C2(C)C.[Ir]. The molecule has 0 unspecified atom stereocenters. The zero-order valence-corrected chi connectivity index (χ0v) is 22.3. The standard InChI is InChI=1S/C29H34N.Ir/c1-19-15-24-25(28(5,6)29(7,8)27(24,3)4)17-22(19)26-16-20(2)23(18-30(26)9)21-13-11-10-12-14-21;/h10-18H,1,9H2,2-8H3;/q-1;. The Morgan fingerprint density at radius 3 is 1.90 bits per heavy atom. The monoisotopic (exact) mass is 589 g/mol. The van der Waals surface area contributed by atoms with E-state index in [-0.39, 0.29) is 36.4 Å². The maximum absolute atomic E-state index is 4.45. The van der Waals surface area contributed by atoms with Crippen molar-refractivity contribution in [1.29, 1.82) is 0 Å². The summed E-state index contributed by atoms with van der Waals surface area (Å²) >= 11 is 0. The van der Waals surface area contributed by atoms with Crippen LogP contribution in [0.2, 0.25) is 0 Å². The van der Waals surface area contributed by atoms with Gasteiger partial charge in [0.25, 0.3) is 0 Å². The number of benzene rings is 2. The van der Waals surface area contributed by atoms with Crippen LogP contribution < -0.4 is 4.57 Å². The Hall–Kier alpha value is -2.02. The molecule has 1 radical (unpaired) electrons. The van der Waals surface area contributed by atoms with E-state index >= 15 is 0 Å². The molecule has 0 amide bonds. The fourth-order valence-electron chi connectivity index (χ4n) is 5.22. The third-order valence-corrected chi connectivity index (χ3v) is 8.45. The molecule has 0 N–H and O–H groups in total.